The van der Waals surface area contributed by atoms with Crippen LogP contribution >= 0.6 is 27.7 Å². The van der Waals surface area contributed by atoms with Crippen LogP contribution in [0, 0.1) is 0 Å². The number of nitrogens with zero attached hydrogens (tertiary/aromatic N) is 3. The summed E-state index contributed by atoms with van der Waals surface area (Å²) in [7, 11) is 0. The lowest BCUT2D eigenvalue weighted by molar-refractivity contribution is 0.297. The minimum Gasteiger partial charge on any atom is -0.256 e. The zero-order valence-electron chi connectivity index (χ0n) is 6.24. The van der Waals surface area contributed by atoms with Crippen LogP contribution in [0.2, 0.25) is 5.15 Å². The van der Waals surface area contributed by atoms with Crippen molar-refractivity contribution in [3.05, 3.63) is 23.2 Å². The summed E-state index contributed by atoms with van der Waals surface area (Å²) in [6.07, 6.45) is 3.29. The molecule has 0 N–H and O–H groups in total. The summed E-state index contributed by atoms with van der Waals surface area (Å²) in [4.78, 5) is 8.17. The maximum absolute atomic E-state index is 5.87. The molecule has 5 heteroatoms. The molecule has 1 aliphatic rings. The maximum Gasteiger partial charge on any atom is 0.150 e. The minimum absolute atomic E-state index is 0.436. The van der Waals surface area contributed by atoms with Gasteiger partial charge in [-0.15, -0.1) is 0 Å². The van der Waals surface area contributed by atoms with Gasteiger partial charge in [0, 0.05) is 47.5 Å². The van der Waals surface area contributed by atoms with E-state index in [-0.39, 0.29) is 0 Å². The first-order valence-corrected chi connectivity index (χ1v) is 4.73. The second-order valence-corrected chi connectivity index (χ2v) is 4.12. The van der Waals surface area contributed by atoms with E-state index >= 15 is 0 Å². The van der Waals surface area contributed by atoms with Gasteiger partial charge in [-0.25, -0.2) is 8.91 Å². The molecule has 1 fully saturated rings. The number of halogens is 2. The van der Waals surface area contributed by atoms with Gasteiger partial charge >= 0.3 is 0 Å². The average molecular weight is 249 g/mol. The van der Waals surface area contributed by atoms with Crippen LogP contribution in [0.1, 0.15) is 11.6 Å². The lowest BCUT2D eigenvalue weighted by Crippen LogP contribution is -2.38. The average Bonchev–Trinajstić information content (AvgIpc) is 2.01. The molecule has 0 amide bonds. The Balaban J connectivity index is 2.18. The SMILES string of the molecule is Clc1nccnc1C1CN(Br)C1. The third-order valence-electron chi connectivity index (χ3n) is 1.90. The summed E-state index contributed by atoms with van der Waals surface area (Å²) in [5.41, 5.74) is 0.912. The molecule has 12 heavy (non-hydrogen) atoms. The molecule has 64 valence electrons. The molecule has 1 aliphatic heterocycles. The Hall–Kier alpha value is -0.190. The van der Waals surface area contributed by atoms with E-state index in [9.17, 15) is 0 Å². The fourth-order valence-electron chi connectivity index (χ4n) is 1.20. The lowest BCUT2D eigenvalue weighted by Gasteiger charge is -2.33. The van der Waals surface area contributed by atoms with E-state index in [4.69, 9.17) is 11.6 Å². The van der Waals surface area contributed by atoms with E-state index in [1.807, 2.05) is 3.93 Å². The van der Waals surface area contributed by atoms with Crippen molar-refractivity contribution in [2.45, 2.75) is 5.92 Å². The lowest BCUT2D eigenvalue weighted by atomic mass is 10.00. The second-order valence-electron chi connectivity index (χ2n) is 2.76. The Morgan fingerprint density at radius 1 is 1.42 bits per heavy atom. The molecule has 0 radical (unpaired) electrons. The second kappa shape index (κ2) is 3.28. The van der Waals surface area contributed by atoms with Gasteiger partial charge in [-0.3, -0.25) is 4.98 Å². The first kappa shape index (κ1) is 8.41. The summed E-state index contributed by atoms with van der Waals surface area (Å²) < 4.78 is 2.04. The van der Waals surface area contributed by atoms with Crippen molar-refractivity contribution < 1.29 is 0 Å². The zero-order valence-corrected chi connectivity index (χ0v) is 8.59. The van der Waals surface area contributed by atoms with Gasteiger partial charge in [-0.1, -0.05) is 11.6 Å². The predicted octanol–water partition coefficient (Wildman–Crippen LogP) is 1.84. The highest BCUT2D eigenvalue weighted by Crippen LogP contribution is 2.30. The van der Waals surface area contributed by atoms with Crippen molar-refractivity contribution in [1.82, 2.24) is 13.9 Å². The molecule has 0 aromatic carbocycles. The van der Waals surface area contributed by atoms with E-state index in [0.29, 0.717) is 11.1 Å². The molecule has 0 bridgehead atoms. The van der Waals surface area contributed by atoms with Crippen LogP contribution in [0.15, 0.2) is 12.4 Å². The molecule has 1 aromatic heterocycles. The Kier molecular flexibility index (Phi) is 2.30. The minimum atomic E-state index is 0.436. The molecule has 1 saturated heterocycles. The summed E-state index contributed by atoms with van der Waals surface area (Å²) in [5.74, 6) is 0.436. The normalized spacial score (nSPS) is 19.2. The summed E-state index contributed by atoms with van der Waals surface area (Å²) >= 11 is 9.24. The van der Waals surface area contributed by atoms with Crippen molar-refractivity contribution in [2.75, 3.05) is 13.1 Å². The molecular formula is C7H7BrClN3. The van der Waals surface area contributed by atoms with Gasteiger partial charge in [0.15, 0.2) is 5.15 Å². The van der Waals surface area contributed by atoms with Gasteiger partial charge in [0.05, 0.1) is 5.69 Å². The molecule has 0 spiro atoms. The topological polar surface area (TPSA) is 29.0 Å². The molecule has 2 rings (SSSR count). The van der Waals surface area contributed by atoms with E-state index in [1.54, 1.807) is 12.4 Å². The first-order chi connectivity index (χ1) is 5.77. The Labute approximate surface area is 84.1 Å². The van der Waals surface area contributed by atoms with E-state index < -0.39 is 0 Å². The van der Waals surface area contributed by atoms with Crippen LogP contribution in [0.25, 0.3) is 0 Å². The van der Waals surface area contributed by atoms with Crippen LogP contribution < -0.4 is 0 Å². The largest absolute Gasteiger partial charge is 0.256 e. The number of hydrogen-bond donors (Lipinski definition) is 0. The summed E-state index contributed by atoms with van der Waals surface area (Å²) in [5, 5.41) is 0.531. The molecular weight excluding hydrogens is 241 g/mol. The number of hydrogen-bond acceptors (Lipinski definition) is 3. The molecule has 0 atom stereocenters. The van der Waals surface area contributed by atoms with Crippen LogP contribution in [-0.4, -0.2) is 27.0 Å². The quantitative estimate of drug-likeness (QED) is 0.710. The molecule has 2 heterocycles. The van der Waals surface area contributed by atoms with Crippen molar-refractivity contribution in [2.24, 2.45) is 0 Å². The Morgan fingerprint density at radius 3 is 2.67 bits per heavy atom. The van der Waals surface area contributed by atoms with Crippen LogP contribution in [0.3, 0.4) is 0 Å². The first-order valence-electron chi connectivity index (χ1n) is 3.64. The molecule has 0 unspecified atom stereocenters. The molecule has 0 aliphatic carbocycles. The van der Waals surface area contributed by atoms with Crippen LogP contribution in [0.4, 0.5) is 0 Å². The van der Waals surface area contributed by atoms with Crippen LogP contribution in [0.5, 0.6) is 0 Å². The van der Waals surface area contributed by atoms with Gasteiger partial charge in [0.2, 0.25) is 0 Å². The predicted molar refractivity (Wildman–Crippen MR) is 50.3 cm³/mol. The standard InChI is InChI=1S/C7H7BrClN3/c8-12-3-5(4-12)6-7(9)11-2-1-10-6/h1-2,5H,3-4H2. The van der Waals surface area contributed by atoms with E-state index in [1.165, 1.54) is 0 Å². The van der Waals surface area contributed by atoms with Crippen molar-refractivity contribution in [3.8, 4) is 0 Å². The van der Waals surface area contributed by atoms with Gasteiger partial charge in [-0.2, -0.15) is 0 Å². The highest BCUT2D eigenvalue weighted by Gasteiger charge is 2.29. The fourth-order valence-corrected chi connectivity index (χ4v) is 2.16. The summed E-state index contributed by atoms with van der Waals surface area (Å²) in [6, 6.07) is 0. The van der Waals surface area contributed by atoms with Crippen LogP contribution in [-0.2, 0) is 0 Å². The van der Waals surface area contributed by atoms with Crippen molar-refractivity contribution in [1.29, 1.82) is 0 Å². The van der Waals surface area contributed by atoms with Gasteiger partial charge < -0.3 is 0 Å². The smallest absolute Gasteiger partial charge is 0.150 e. The van der Waals surface area contributed by atoms with Gasteiger partial charge in [0.1, 0.15) is 0 Å². The zero-order chi connectivity index (χ0) is 8.55. The third kappa shape index (κ3) is 1.46. The van der Waals surface area contributed by atoms with Crippen molar-refractivity contribution in [3.63, 3.8) is 0 Å². The Bertz CT molecular complexity index is 288. The van der Waals surface area contributed by atoms with E-state index in [0.717, 1.165) is 18.8 Å². The Morgan fingerprint density at radius 2 is 2.08 bits per heavy atom. The maximum atomic E-state index is 5.87. The number of rotatable bonds is 1. The highest BCUT2D eigenvalue weighted by molar-refractivity contribution is 9.07. The summed E-state index contributed by atoms with van der Waals surface area (Å²) in [6.45, 7) is 1.91. The van der Waals surface area contributed by atoms with Crippen molar-refractivity contribution >= 4 is 27.7 Å². The van der Waals surface area contributed by atoms with Gasteiger partial charge in [0.25, 0.3) is 0 Å². The van der Waals surface area contributed by atoms with Gasteiger partial charge in [-0.05, 0) is 0 Å². The van der Waals surface area contributed by atoms with E-state index in [2.05, 4.69) is 26.1 Å². The molecule has 0 saturated carbocycles. The fraction of sp³-hybridized carbons (Fsp3) is 0.429. The number of aromatic nitrogens is 2. The highest BCUT2D eigenvalue weighted by atomic mass is 79.9. The molecule has 3 nitrogen and oxygen atoms in total. The third-order valence-corrected chi connectivity index (χ3v) is 2.77. The monoisotopic (exact) mass is 247 g/mol. The molecule has 1 aromatic rings.